The van der Waals surface area contributed by atoms with Gasteiger partial charge in [-0.15, -0.1) is 0 Å². The first kappa shape index (κ1) is 20.7. The molecule has 8 heteroatoms. The van der Waals surface area contributed by atoms with Crippen molar-refractivity contribution in [3.63, 3.8) is 0 Å². The van der Waals surface area contributed by atoms with Crippen molar-refractivity contribution < 1.29 is 13.2 Å². The summed E-state index contributed by atoms with van der Waals surface area (Å²) in [5.41, 5.74) is 0.887. The summed E-state index contributed by atoms with van der Waals surface area (Å²) in [4.78, 5) is 12.6. The van der Waals surface area contributed by atoms with E-state index < -0.39 is 15.4 Å². The summed E-state index contributed by atoms with van der Waals surface area (Å²) in [6.07, 6.45) is 0.564. The Morgan fingerprint density at radius 2 is 1.69 bits per heavy atom. The van der Waals surface area contributed by atoms with Gasteiger partial charge in [0.25, 0.3) is 0 Å². The molecule has 0 heterocycles. The number of rotatable bonds is 6. The minimum absolute atomic E-state index is 0.0611. The van der Waals surface area contributed by atoms with Crippen LogP contribution in [0, 0.1) is 0 Å². The average molecular weight is 415 g/mol. The Hall–Kier alpha value is -1.60. The fourth-order valence-corrected chi connectivity index (χ4v) is 3.22. The number of nitrogens with two attached hydrogens (primary N) is 1. The monoisotopic (exact) mass is 414 g/mol. The van der Waals surface area contributed by atoms with Crippen LogP contribution in [0.2, 0.25) is 10.0 Å². The first-order valence-corrected chi connectivity index (χ1v) is 10.2. The molecule has 140 valence electrons. The molecule has 26 heavy (non-hydrogen) atoms. The SMILES string of the molecule is CC(C)(C(=O)NCCc1ccc(S(N)(=O)=O)cc1)c1ccc(Cl)c(Cl)c1. The van der Waals surface area contributed by atoms with Gasteiger partial charge in [0.1, 0.15) is 0 Å². The van der Waals surface area contributed by atoms with Gasteiger partial charge in [-0.1, -0.05) is 41.4 Å². The summed E-state index contributed by atoms with van der Waals surface area (Å²) < 4.78 is 22.5. The summed E-state index contributed by atoms with van der Waals surface area (Å²) in [7, 11) is -3.70. The molecule has 1 amide bonds. The van der Waals surface area contributed by atoms with Crippen LogP contribution in [0.5, 0.6) is 0 Å². The van der Waals surface area contributed by atoms with Crippen molar-refractivity contribution in [2.45, 2.75) is 30.6 Å². The number of benzene rings is 2. The number of hydrogen-bond donors (Lipinski definition) is 2. The second-order valence-electron chi connectivity index (χ2n) is 6.45. The third-order valence-corrected chi connectivity index (χ3v) is 5.83. The van der Waals surface area contributed by atoms with Crippen molar-refractivity contribution in [2.24, 2.45) is 5.14 Å². The lowest BCUT2D eigenvalue weighted by Gasteiger charge is -2.24. The van der Waals surface area contributed by atoms with Crippen LogP contribution in [-0.4, -0.2) is 20.9 Å². The van der Waals surface area contributed by atoms with Gasteiger partial charge >= 0.3 is 0 Å². The molecule has 0 spiro atoms. The Labute approximate surface area is 163 Å². The molecule has 0 saturated heterocycles. The minimum atomic E-state index is -3.70. The van der Waals surface area contributed by atoms with E-state index in [2.05, 4.69) is 5.32 Å². The highest BCUT2D eigenvalue weighted by Gasteiger charge is 2.29. The number of primary sulfonamides is 1. The quantitative estimate of drug-likeness (QED) is 0.759. The lowest BCUT2D eigenvalue weighted by Crippen LogP contribution is -2.40. The Balaban J connectivity index is 1.98. The number of halogens is 2. The summed E-state index contributed by atoms with van der Waals surface area (Å²) in [6.45, 7) is 4.03. The molecule has 2 rings (SSSR count). The van der Waals surface area contributed by atoms with E-state index in [9.17, 15) is 13.2 Å². The molecular formula is C18H20Cl2N2O3S. The highest BCUT2D eigenvalue weighted by atomic mass is 35.5. The molecule has 0 saturated carbocycles. The van der Waals surface area contributed by atoms with Crippen LogP contribution in [0.4, 0.5) is 0 Å². The van der Waals surface area contributed by atoms with E-state index in [1.54, 1.807) is 30.3 Å². The van der Waals surface area contributed by atoms with Gasteiger partial charge in [-0.25, -0.2) is 13.6 Å². The van der Waals surface area contributed by atoms with Gasteiger partial charge in [0.15, 0.2) is 0 Å². The molecule has 0 aromatic heterocycles. The highest BCUT2D eigenvalue weighted by molar-refractivity contribution is 7.89. The Morgan fingerprint density at radius 3 is 2.23 bits per heavy atom. The number of sulfonamides is 1. The fourth-order valence-electron chi connectivity index (χ4n) is 2.40. The second kappa shape index (κ2) is 7.96. The number of carbonyl (C=O) groups is 1. The Morgan fingerprint density at radius 1 is 1.08 bits per heavy atom. The molecule has 5 nitrogen and oxygen atoms in total. The van der Waals surface area contributed by atoms with E-state index in [1.165, 1.54) is 12.1 Å². The van der Waals surface area contributed by atoms with Crippen LogP contribution < -0.4 is 10.5 Å². The predicted octanol–water partition coefficient (Wildman–Crippen LogP) is 3.28. The molecule has 0 aliphatic carbocycles. The summed E-state index contributed by atoms with van der Waals surface area (Å²) in [5, 5.41) is 8.80. The predicted molar refractivity (Wildman–Crippen MR) is 104 cm³/mol. The van der Waals surface area contributed by atoms with E-state index in [0.717, 1.165) is 11.1 Å². The topological polar surface area (TPSA) is 89.3 Å². The van der Waals surface area contributed by atoms with Crippen LogP contribution in [-0.2, 0) is 26.7 Å². The maximum atomic E-state index is 12.6. The van der Waals surface area contributed by atoms with Crippen molar-refractivity contribution in [3.05, 3.63) is 63.6 Å². The minimum Gasteiger partial charge on any atom is -0.355 e. The molecule has 3 N–H and O–H groups in total. The average Bonchev–Trinajstić information content (AvgIpc) is 2.56. The zero-order chi connectivity index (χ0) is 19.5. The molecule has 2 aromatic rings. The van der Waals surface area contributed by atoms with Gasteiger partial charge in [0.05, 0.1) is 20.4 Å². The zero-order valence-electron chi connectivity index (χ0n) is 14.4. The Bertz CT molecular complexity index is 911. The van der Waals surface area contributed by atoms with E-state index in [-0.39, 0.29) is 10.8 Å². The summed E-state index contributed by atoms with van der Waals surface area (Å²) in [6, 6.07) is 11.4. The van der Waals surface area contributed by atoms with Crippen LogP contribution >= 0.6 is 23.2 Å². The molecule has 0 bridgehead atoms. The van der Waals surface area contributed by atoms with Crippen molar-refractivity contribution >= 4 is 39.1 Å². The van der Waals surface area contributed by atoms with Crippen LogP contribution in [0.3, 0.4) is 0 Å². The maximum Gasteiger partial charge on any atom is 0.238 e. The van der Waals surface area contributed by atoms with Crippen molar-refractivity contribution in [3.8, 4) is 0 Å². The van der Waals surface area contributed by atoms with Gasteiger partial charge in [-0.05, 0) is 55.7 Å². The van der Waals surface area contributed by atoms with Gasteiger partial charge in [-0.3, -0.25) is 4.79 Å². The van der Waals surface area contributed by atoms with Gasteiger partial charge in [0.2, 0.25) is 15.9 Å². The van der Waals surface area contributed by atoms with Gasteiger partial charge in [-0.2, -0.15) is 0 Å². The van der Waals surface area contributed by atoms with Crippen molar-refractivity contribution in [1.82, 2.24) is 5.32 Å². The molecule has 0 atom stereocenters. The number of carbonyl (C=O) groups excluding carboxylic acids is 1. The zero-order valence-corrected chi connectivity index (χ0v) is 16.8. The molecule has 0 fully saturated rings. The summed E-state index contributed by atoms with van der Waals surface area (Å²) >= 11 is 12.0. The van der Waals surface area contributed by atoms with Gasteiger partial charge in [0, 0.05) is 6.54 Å². The summed E-state index contributed by atoms with van der Waals surface area (Å²) in [5.74, 6) is -0.142. The molecule has 0 unspecified atom stereocenters. The van der Waals surface area contributed by atoms with Gasteiger partial charge < -0.3 is 5.32 Å². The van der Waals surface area contributed by atoms with Crippen LogP contribution in [0.15, 0.2) is 47.4 Å². The lowest BCUT2D eigenvalue weighted by molar-refractivity contribution is -0.125. The molecular weight excluding hydrogens is 395 g/mol. The van der Waals surface area contributed by atoms with Crippen molar-refractivity contribution in [2.75, 3.05) is 6.54 Å². The van der Waals surface area contributed by atoms with E-state index >= 15 is 0 Å². The Kier molecular flexibility index (Phi) is 6.34. The van der Waals surface area contributed by atoms with Crippen LogP contribution in [0.1, 0.15) is 25.0 Å². The van der Waals surface area contributed by atoms with E-state index in [0.29, 0.717) is 23.0 Å². The third-order valence-electron chi connectivity index (χ3n) is 4.16. The lowest BCUT2D eigenvalue weighted by atomic mass is 9.83. The van der Waals surface area contributed by atoms with E-state index in [4.69, 9.17) is 28.3 Å². The number of hydrogen-bond acceptors (Lipinski definition) is 3. The standard InChI is InChI=1S/C18H20Cl2N2O3S/c1-18(2,13-5-8-15(19)16(20)11-13)17(23)22-10-9-12-3-6-14(7-4-12)26(21,24)25/h3-8,11H,9-10H2,1-2H3,(H,22,23)(H2,21,24,25). The first-order chi connectivity index (χ1) is 12.0. The first-order valence-electron chi connectivity index (χ1n) is 7.87. The second-order valence-corrected chi connectivity index (χ2v) is 8.82. The highest BCUT2D eigenvalue weighted by Crippen LogP contribution is 2.30. The largest absolute Gasteiger partial charge is 0.355 e. The van der Waals surface area contributed by atoms with Crippen LogP contribution in [0.25, 0.3) is 0 Å². The number of nitrogens with one attached hydrogen (secondary N) is 1. The molecule has 0 radical (unpaired) electrons. The fraction of sp³-hybridized carbons (Fsp3) is 0.278. The molecule has 0 aliphatic heterocycles. The smallest absolute Gasteiger partial charge is 0.238 e. The maximum absolute atomic E-state index is 12.6. The van der Waals surface area contributed by atoms with E-state index in [1.807, 2.05) is 13.8 Å². The van der Waals surface area contributed by atoms with Crippen molar-refractivity contribution in [1.29, 1.82) is 0 Å². The normalized spacial score (nSPS) is 12.0. The number of amides is 1. The molecule has 0 aliphatic rings. The third kappa shape index (κ3) is 4.98. The molecule has 2 aromatic carbocycles.